The molecule has 0 bridgehead atoms. The van der Waals surface area contributed by atoms with Gasteiger partial charge >= 0.3 is 0 Å². The monoisotopic (exact) mass is 409 g/mol. The highest BCUT2D eigenvalue weighted by Crippen LogP contribution is 2.45. The number of thioether (sulfide) groups is 1. The maximum atomic E-state index is 13.6. The highest BCUT2D eigenvalue weighted by molar-refractivity contribution is 9.10. The second kappa shape index (κ2) is 7.43. The molecule has 0 saturated carbocycles. The second-order valence-electron chi connectivity index (χ2n) is 5.59. The predicted molar refractivity (Wildman–Crippen MR) is 104 cm³/mol. The normalized spacial score (nSPS) is 13.3. The molecule has 0 saturated heterocycles. The van der Waals surface area contributed by atoms with Gasteiger partial charge < -0.3 is 4.90 Å². The van der Waals surface area contributed by atoms with E-state index in [1.54, 1.807) is 17.8 Å². The number of benzene rings is 2. The summed E-state index contributed by atoms with van der Waals surface area (Å²) in [7, 11) is 4.17. The van der Waals surface area contributed by atoms with Crippen molar-refractivity contribution >= 4 is 50.4 Å². The SMILES string of the molecule is CN(C)CCSC1=Cc2ccc(F)cc2Sc2ccc(Br)cc21. The zero-order chi connectivity index (χ0) is 16.4. The average Bonchev–Trinajstić information content (AvgIpc) is 2.63. The molecule has 0 radical (unpaired) electrons. The molecular weight excluding hydrogens is 393 g/mol. The van der Waals surface area contributed by atoms with Crippen LogP contribution in [0.15, 0.2) is 50.7 Å². The van der Waals surface area contributed by atoms with E-state index in [1.807, 2.05) is 23.9 Å². The number of halogens is 2. The van der Waals surface area contributed by atoms with Gasteiger partial charge in [0, 0.05) is 37.0 Å². The first-order chi connectivity index (χ1) is 11.0. The van der Waals surface area contributed by atoms with E-state index in [0.717, 1.165) is 27.2 Å². The predicted octanol–water partition coefficient (Wildman–Crippen LogP) is 5.85. The maximum absolute atomic E-state index is 13.6. The number of hydrogen-bond donors (Lipinski definition) is 0. The van der Waals surface area contributed by atoms with E-state index in [-0.39, 0.29) is 5.82 Å². The molecule has 23 heavy (non-hydrogen) atoms. The fourth-order valence-electron chi connectivity index (χ4n) is 2.29. The molecule has 0 atom stereocenters. The van der Waals surface area contributed by atoms with Gasteiger partial charge in [0.15, 0.2) is 0 Å². The van der Waals surface area contributed by atoms with Crippen LogP contribution in [0.4, 0.5) is 4.39 Å². The molecule has 0 unspecified atom stereocenters. The van der Waals surface area contributed by atoms with Crippen LogP contribution in [0, 0.1) is 5.82 Å². The summed E-state index contributed by atoms with van der Waals surface area (Å²) in [5.74, 6) is 0.832. The van der Waals surface area contributed by atoms with Crippen LogP contribution in [0.5, 0.6) is 0 Å². The van der Waals surface area contributed by atoms with Crippen molar-refractivity contribution in [1.29, 1.82) is 0 Å². The van der Waals surface area contributed by atoms with Crippen LogP contribution >= 0.6 is 39.5 Å². The Labute approximate surface area is 153 Å². The molecule has 0 fully saturated rings. The first kappa shape index (κ1) is 17.1. The van der Waals surface area contributed by atoms with E-state index in [2.05, 4.69) is 53.1 Å². The molecule has 2 aromatic carbocycles. The van der Waals surface area contributed by atoms with Gasteiger partial charge in [-0.2, -0.15) is 0 Å². The zero-order valence-electron chi connectivity index (χ0n) is 13.0. The minimum Gasteiger partial charge on any atom is -0.309 e. The van der Waals surface area contributed by atoms with Gasteiger partial charge in [-0.1, -0.05) is 33.8 Å². The third kappa shape index (κ3) is 4.21. The quantitative estimate of drug-likeness (QED) is 0.623. The molecule has 2 aromatic rings. The Morgan fingerprint density at radius 1 is 1.13 bits per heavy atom. The van der Waals surface area contributed by atoms with Crippen LogP contribution in [0.2, 0.25) is 0 Å². The van der Waals surface area contributed by atoms with Crippen molar-refractivity contribution in [1.82, 2.24) is 4.90 Å². The molecule has 0 aliphatic carbocycles. The van der Waals surface area contributed by atoms with Crippen molar-refractivity contribution in [3.63, 3.8) is 0 Å². The van der Waals surface area contributed by atoms with Gasteiger partial charge in [-0.3, -0.25) is 0 Å². The Hall–Kier alpha value is -0.750. The lowest BCUT2D eigenvalue weighted by Crippen LogP contribution is -2.14. The van der Waals surface area contributed by atoms with Gasteiger partial charge in [-0.25, -0.2) is 4.39 Å². The second-order valence-corrected chi connectivity index (χ2v) is 8.72. The number of rotatable bonds is 4. The van der Waals surface area contributed by atoms with Crippen LogP contribution in [-0.4, -0.2) is 31.3 Å². The van der Waals surface area contributed by atoms with Gasteiger partial charge in [0.25, 0.3) is 0 Å². The van der Waals surface area contributed by atoms with E-state index in [0.29, 0.717) is 0 Å². The molecule has 5 heteroatoms. The highest BCUT2D eigenvalue weighted by Gasteiger charge is 2.17. The summed E-state index contributed by atoms with van der Waals surface area (Å²) in [6.07, 6.45) is 2.18. The van der Waals surface area contributed by atoms with Crippen molar-refractivity contribution in [2.75, 3.05) is 26.4 Å². The van der Waals surface area contributed by atoms with E-state index < -0.39 is 0 Å². The topological polar surface area (TPSA) is 3.24 Å². The van der Waals surface area contributed by atoms with Gasteiger partial charge in [0.2, 0.25) is 0 Å². The average molecular weight is 410 g/mol. The summed E-state index contributed by atoms with van der Waals surface area (Å²) in [6, 6.07) is 11.3. The van der Waals surface area contributed by atoms with Crippen LogP contribution in [0.1, 0.15) is 11.1 Å². The largest absolute Gasteiger partial charge is 0.309 e. The Bertz CT molecular complexity index is 759. The molecule has 0 amide bonds. The molecule has 0 N–H and O–H groups in total. The summed E-state index contributed by atoms with van der Waals surface area (Å²) in [5.41, 5.74) is 2.29. The van der Waals surface area contributed by atoms with Crippen molar-refractivity contribution in [2.24, 2.45) is 0 Å². The maximum Gasteiger partial charge on any atom is 0.124 e. The minimum atomic E-state index is -0.188. The van der Waals surface area contributed by atoms with E-state index in [9.17, 15) is 4.39 Å². The zero-order valence-corrected chi connectivity index (χ0v) is 16.2. The first-order valence-corrected chi connectivity index (χ1v) is 9.89. The molecule has 120 valence electrons. The highest BCUT2D eigenvalue weighted by atomic mass is 79.9. The van der Waals surface area contributed by atoms with Gasteiger partial charge in [0.1, 0.15) is 5.82 Å². The molecule has 0 aromatic heterocycles. The van der Waals surface area contributed by atoms with Crippen LogP contribution < -0.4 is 0 Å². The number of hydrogen-bond acceptors (Lipinski definition) is 3. The summed E-state index contributed by atoms with van der Waals surface area (Å²) in [6.45, 7) is 1.02. The van der Waals surface area contributed by atoms with E-state index in [4.69, 9.17) is 0 Å². The van der Waals surface area contributed by atoms with Gasteiger partial charge in [-0.05, 0) is 56.1 Å². The lowest BCUT2D eigenvalue weighted by Gasteiger charge is -2.13. The fourth-order valence-corrected chi connectivity index (χ4v) is 5.00. The molecular formula is C18H17BrFNS2. The summed E-state index contributed by atoms with van der Waals surface area (Å²) in [5, 5.41) is 0. The third-order valence-electron chi connectivity index (χ3n) is 3.49. The van der Waals surface area contributed by atoms with E-state index in [1.165, 1.54) is 21.4 Å². The molecule has 1 aliphatic heterocycles. The van der Waals surface area contributed by atoms with Crippen LogP contribution in [-0.2, 0) is 0 Å². The van der Waals surface area contributed by atoms with Crippen LogP contribution in [0.3, 0.4) is 0 Å². The Morgan fingerprint density at radius 3 is 2.74 bits per heavy atom. The smallest absolute Gasteiger partial charge is 0.124 e. The third-order valence-corrected chi connectivity index (χ3v) is 6.16. The summed E-state index contributed by atoms with van der Waals surface area (Å²) < 4.78 is 14.7. The van der Waals surface area contributed by atoms with Gasteiger partial charge in [0.05, 0.1) is 0 Å². The Kier molecular flexibility index (Phi) is 5.52. The summed E-state index contributed by atoms with van der Waals surface area (Å²) >= 11 is 7.05. The fraction of sp³-hybridized carbons (Fsp3) is 0.222. The molecule has 0 spiro atoms. The first-order valence-electron chi connectivity index (χ1n) is 7.29. The molecule has 3 rings (SSSR count). The van der Waals surface area contributed by atoms with Gasteiger partial charge in [-0.15, -0.1) is 11.8 Å². The number of fused-ring (bicyclic) bond motifs is 2. The Morgan fingerprint density at radius 2 is 1.96 bits per heavy atom. The standard InChI is InChI=1S/C18H17BrFNS2/c1-21(2)7-8-22-18-9-12-3-5-14(20)11-17(12)23-16-6-4-13(19)10-15(16)18/h3-6,9-11H,7-8H2,1-2H3. The molecule has 1 heterocycles. The molecule has 1 nitrogen and oxygen atoms in total. The summed E-state index contributed by atoms with van der Waals surface area (Å²) in [4.78, 5) is 5.56. The van der Waals surface area contributed by atoms with Crippen LogP contribution in [0.25, 0.3) is 11.0 Å². The van der Waals surface area contributed by atoms with Crippen molar-refractivity contribution in [3.05, 3.63) is 57.8 Å². The minimum absolute atomic E-state index is 0.188. The van der Waals surface area contributed by atoms with E-state index >= 15 is 0 Å². The van der Waals surface area contributed by atoms with Crippen molar-refractivity contribution < 1.29 is 4.39 Å². The Balaban J connectivity index is 2.02. The van der Waals surface area contributed by atoms with Crippen molar-refractivity contribution in [3.8, 4) is 0 Å². The lowest BCUT2D eigenvalue weighted by molar-refractivity contribution is 0.437. The lowest BCUT2D eigenvalue weighted by atomic mass is 10.1. The van der Waals surface area contributed by atoms with Crippen molar-refractivity contribution in [2.45, 2.75) is 9.79 Å². The number of nitrogens with zero attached hydrogens (tertiary/aromatic N) is 1. The molecule has 1 aliphatic rings.